The summed E-state index contributed by atoms with van der Waals surface area (Å²) < 4.78 is 0. The van der Waals surface area contributed by atoms with Gasteiger partial charge in [-0.05, 0) is 24.1 Å². The van der Waals surface area contributed by atoms with Crippen molar-refractivity contribution in [3.8, 4) is 0 Å². The molecule has 1 saturated heterocycles. The molecule has 1 aromatic carbocycles. The van der Waals surface area contributed by atoms with E-state index in [1.807, 2.05) is 17.0 Å². The molecular weight excluding hydrogens is 244 g/mol. The quantitative estimate of drug-likeness (QED) is 0.624. The van der Waals surface area contributed by atoms with Gasteiger partial charge in [-0.2, -0.15) is 0 Å². The van der Waals surface area contributed by atoms with Crippen molar-refractivity contribution in [1.29, 1.82) is 0 Å². The van der Waals surface area contributed by atoms with Crippen LogP contribution in [0.3, 0.4) is 0 Å². The van der Waals surface area contributed by atoms with Gasteiger partial charge in [0.15, 0.2) is 0 Å². The number of hydrogen-bond acceptors (Lipinski definition) is 4. The Morgan fingerprint density at radius 1 is 1.21 bits per heavy atom. The fourth-order valence-corrected chi connectivity index (χ4v) is 2.57. The van der Waals surface area contributed by atoms with Crippen molar-refractivity contribution in [3.63, 3.8) is 0 Å². The van der Waals surface area contributed by atoms with Gasteiger partial charge >= 0.3 is 0 Å². The third-order valence-corrected chi connectivity index (χ3v) is 3.48. The fraction of sp³-hybridized carbons (Fsp3) is 0.385. The number of nitrogens with zero attached hydrogens (tertiary/aromatic N) is 1. The van der Waals surface area contributed by atoms with Crippen LogP contribution in [0.4, 0.5) is 17.1 Å². The van der Waals surface area contributed by atoms with Crippen molar-refractivity contribution in [2.75, 3.05) is 35.6 Å². The monoisotopic (exact) mass is 260 g/mol. The molecule has 2 amide bonds. The van der Waals surface area contributed by atoms with Gasteiger partial charge in [-0.1, -0.05) is 0 Å². The fourth-order valence-electron chi connectivity index (χ4n) is 2.57. The van der Waals surface area contributed by atoms with Crippen LogP contribution in [0.25, 0.3) is 0 Å². The summed E-state index contributed by atoms with van der Waals surface area (Å²) in [5, 5.41) is 5.64. The average Bonchev–Trinajstić information content (AvgIpc) is 2.56. The van der Waals surface area contributed by atoms with E-state index < -0.39 is 0 Å². The molecule has 0 saturated carbocycles. The minimum Gasteiger partial charge on any atom is -0.397 e. The van der Waals surface area contributed by atoms with Crippen LogP contribution >= 0.6 is 0 Å². The van der Waals surface area contributed by atoms with Gasteiger partial charge in [0.1, 0.15) is 0 Å². The van der Waals surface area contributed by atoms with E-state index in [9.17, 15) is 9.59 Å². The number of hydrogen-bond donors (Lipinski definition) is 3. The van der Waals surface area contributed by atoms with Gasteiger partial charge < -0.3 is 21.3 Å². The van der Waals surface area contributed by atoms with Crippen LogP contribution in [0.5, 0.6) is 0 Å². The van der Waals surface area contributed by atoms with E-state index in [1.54, 1.807) is 0 Å². The minimum absolute atomic E-state index is 0.00133. The first-order chi connectivity index (χ1) is 9.13. The van der Waals surface area contributed by atoms with Crippen molar-refractivity contribution in [1.82, 2.24) is 5.32 Å². The van der Waals surface area contributed by atoms with Gasteiger partial charge in [0.2, 0.25) is 11.8 Å². The zero-order valence-corrected chi connectivity index (χ0v) is 10.5. The molecule has 100 valence electrons. The standard InChI is InChI=1S/C13H16N4O2/c14-9-4-8-5-12(18)16-10(8)6-11(9)17-3-1-2-15-13(19)7-17/h4,6H,1-3,5,7,14H2,(H,15,19)(H,16,18). The number of benzene rings is 1. The third-order valence-electron chi connectivity index (χ3n) is 3.48. The Balaban J connectivity index is 1.94. The van der Waals surface area contributed by atoms with Crippen molar-refractivity contribution in [3.05, 3.63) is 17.7 Å². The van der Waals surface area contributed by atoms with Crippen LogP contribution < -0.4 is 21.3 Å². The average molecular weight is 260 g/mol. The van der Waals surface area contributed by atoms with E-state index in [0.717, 1.165) is 29.9 Å². The highest BCUT2D eigenvalue weighted by Gasteiger charge is 2.23. The third kappa shape index (κ3) is 2.21. The van der Waals surface area contributed by atoms with Gasteiger partial charge in [-0.3, -0.25) is 9.59 Å². The highest BCUT2D eigenvalue weighted by atomic mass is 16.2. The lowest BCUT2D eigenvalue weighted by Gasteiger charge is -2.23. The molecule has 6 heteroatoms. The molecule has 0 aromatic heterocycles. The first kappa shape index (κ1) is 11.8. The number of nitrogens with two attached hydrogens (primary N) is 1. The Labute approximate surface area is 110 Å². The number of carbonyl (C=O) groups is 2. The molecule has 19 heavy (non-hydrogen) atoms. The molecule has 0 spiro atoms. The van der Waals surface area contributed by atoms with Crippen LogP contribution in [0, 0.1) is 0 Å². The highest BCUT2D eigenvalue weighted by molar-refractivity contribution is 6.01. The molecule has 0 bridgehead atoms. The lowest BCUT2D eigenvalue weighted by atomic mass is 10.1. The molecule has 1 aromatic rings. The molecule has 2 aliphatic rings. The number of amides is 2. The maximum Gasteiger partial charge on any atom is 0.239 e. The lowest BCUT2D eigenvalue weighted by Crippen LogP contribution is -2.33. The van der Waals surface area contributed by atoms with Crippen LogP contribution in [0.1, 0.15) is 12.0 Å². The molecule has 4 N–H and O–H groups in total. The zero-order chi connectivity index (χ0) is 13.4. The topological polar surface area (TPSA) is 87.5 Å². The number of rotatable bonds is 1. The van der Waals surface area contributed by atoms with Gasteiger partial charge in [0.25, 0.3) is 0 Å². The number of fused-ring (bicyclic) bond motifs is 1. The Morgan fingerprint density at radius 2 is 2.05 bits per heavy atom. The van der Waals surface area contributed by atoms with Gasteiger partial charge in [0, 0.05) is 18.8 Å². The van der Waals surface area contributed by atoms with E-state index in [4.69, 9.17) is 5.73 Å². The van der Waals surface area contributed by atoms with Crippen molar-refractivity contribution < 1.29 is 9.59 Å². The van der Waals surface area contributed by atoms with E-state index in [-0.39, 0.29) is 11.8 Å². The van der Waals surface area contributed by atoms with Gasteiger partial charge in [-0.15, -0.1) is 0 Å². The van der Waals surface area contributed by atoms with Gasteiger partial charge in [0.05, 0.1) is 24.3 Å². The second kappa shape index (κ2) is 4.46. The summed E-state index contributed by atoms with van der Waals surface area (Å²) in [6.07, 6.45) is 1.26. The molecule has 0 atom stereocenters. The molecule has 0 unspecified atom stereocenters. The van der Waals surface area contributed by atoms with Crippen molar-refractivity contribution in [2.45, 2.75) is 12.8 Å². The predicted octanol–water partition coefficient (Wildman–Crippen LogP) is 0.0897. The van der Waals surface area contributed by atoms with Crippen LogP contribution in [0.2, 0.25) is 0 Å². The Morgan fingerprint density at radius 3 is 2.89 bits per heavy atom. The summed E-state index contributed by atoms with van der Waals surface area (Å²) in [5.41, 5.74) is 9.21. The summed E-state index contributed by atoms with van der Waals surface area (Å²) >= 11 is 0. The second-order valence-electron chi connectivity index (χ2n) is 4.92. The number of carbonyl (C=O) groups excluding carboxylic acids is 2. The first-order valence-electron chi connectivity index (χ1n) is 6.37. The van der Waals surface area contributed by atoms with Crippen molar-refractivity contribution >= 4 is 28.9 Å². The molecule has 2 heterocycles. The summed E-state index contributed by atoms with van der Waals surface area (Å²) in [4.78, 5) is 24.9. The molecule has 1 fully saturated rings. The zero-order valence-electron chi connectivity index (χ0n) is 10.5. The molecule has 2 aliphatic heterocycles. The smallest absolute Gasteiger partial charge is 0.239 e. The van der Waals surface area contributed by atoms with Crippen LogP contribution in [0.15, 0.2) is 12.1 Å². The summed E-state index contributed by atoms with van der Waals surface area (Å²) in [6, 6.07) is 3.69. The summed E-state index contributed by atoms with van der Waals surface area (Å²) in [6.45, 7) is 1.77. The maximum atomic E-state index is 11.6. The number of anilines is 3. The normalized spacial score (nSPS) is 18.6. The molecular formula is C13H16N4O2. The van der Waals surface area contributed by atoms with Crippen LogP contribution in [-0.2, 0) is 16.0 Å². The van der Waals surface area contributed by atoms with Crippen LogP contribution in [-0.4, -0.2) is 31.4 Å². The van der Waals surface area contributed by atoms with E-state index >= 15 is 0 Å². The first-order valence-corrected chi connectivity index (χ1v) is 6.37. The second-order valence-corrected chi connectivity index (χ2v) is 4.92. The molecule has 6 nitrogen and oxygen atoms in total. The lowest BCUT2D eigenvalue weighted by molar-refractivity contribution is -0.119. The Hall–Kier alpha value is -2.24. The van der Waals surface area contributed by atoms with E-state index in [1.165, 1.54) is 0 Å². The number of nitrogen functional groups attached to an aromatic ring is 1. The summed E-state index contributed by atoms with van der Waals surface area (Å²) in [5.74, 6) is -0.0124. The summed E-state index contributed by atoms with van der Waals surface area (Å²) in [7, 11) is 0. The Kier molecular flexibility index (Phi) is 2.77. The highest BCUT2D eigenvalue weighted by Crippen LogP contribution is 2.33. The maximum absolute atomic E-state index is 11.6. The van der Waals surface area contributed by atoms with Gasteiger partial charge in [-0.25, -0.2) is 0 Å². The molecule has 3 rings (SSSR count). The Bertz CT molecular complexity index is 556. The van der Waals surface area contributed by atoms with E-state index in [0.29, 0.717) is 25.2 Å². The molecule has 0 aliphatic carbocycles. The molecule has 0 radical (unpaired) electrons. The largest absolute Gasteiger partial charge is 0.397 e. The number of nitrogens with one attached hydrogen (secondary N) is 2. The van der Waals surface area contributed by atoms with E-state index in [2.05, 4.69) is 10.6 Å². The van der Waals surface area contributed by atoms with Crippen molar-refractivity contribution in [2.24, 2.45) is 0 Å². The minimum atomic E-state index is -0.0137. The SMILES string of the molecule is Nc1cc2c(cc1N1CCCNC(=O)C1)NC(=O)C2. The predicted molar refractivity (Wildman–Crippen MR) is 73.0 cm³/mol.